The Morgan fingerprint density at radius 1 is 1.00 bits per heavy atom. The number of hydrogen-bond acceptors (Lipinski definition) is 2. The Kier molecular flexibility index (Phi) is 4.77. The standard InChI is InChI=1S/C26H33ClO2/c1-25-11-9-20(28)15-18(25)5-8-21-22(25)10-12-26(2)23(21)14-17(24(26)29)13-16-3-6-19(27)7-4-16/h3-7,13,20-24,28-29H,8-12,14-15H2,1-2H3/b17-13+/t20-,21-,22+,23+,24-,25+,26+/m1/s1. The Labute approximate surface area is 179 Å². The van der Waals surface area contributed by atoms with Crippen LogP contribution in [0.2, 0.25) is 5.02 Å². The summed E-state index contributed by atoms with van der Waals surface area (Å²) in [6, 6.07) is 7.93. The van der Waals surface area contributed by atoms with Gasteiger partial charge in [-0.2, -0.15) is 0 Å². The Morgan fingerprint density at radius 2 is 1.76 bits per heavy atom. The summed E-state index contributed by atoms with van der Waals surface area (Å²) in [6.45, 7) is 4.79. The van der Waals surface area contributed by atoms with Gasteiger partial charge in [-0.1, -0.05) is 55.3 Å². The third-order valence-corrected chi connectivity index (χ3v) is 9.42. The highest BCUT2D eigenvalue weighted by Crippen LogP contribution is 2.65. The van der Waals surface area contributed by atoms with Gasteiger partial charge in [0.05, 0.1) is 12.2 Å². The lowest BCUT2D eigenvalue weighted by atomic mass is 9.48. The zero-order valence-electron chi connectivity index (χ0n) is 17.6. The molecule has 0 aliphatic heterocycles. The number of fused-ring (bicyclic) bond motifs is 5. The molecule has 3 heteroatoms. The quantitative estimate of drug-likeness (QED) is 0.554. The van der Waals surface area contributed by atoms with E-state index < -0.39 is 0 Å². The number of halogens is 1. The second-order valence-corrected chi connectivity index (χ2v) is 11.0. The fourth-order valence-electron chi connectivity index (χ4n) is 7.41. The van der Waals surface area contributed by atoms with E-state index in [2.05, 4.69) is 26.0 Å². The van der Waals surface area contributed by atoms with E-state index in [1.807, 2.05) is 24.3 Å². The predicted molar refractivity (Wildman–Crippen MR) is 119 cm³/mol. The largest absolute Gasteiger partial charge is 0.393 e. The van der Waals surface area contributed by atoms with E-state index in [-0.39, 0.29) is 23.0 Å². The highest BCUT2D eigenvalue weighted by atomic mass is 35.5. The van der Waals surface area contributed by atoms with E-state index in [0.29, 0.717) is 17.8 Å². The zero-order chi connectivity index (χ0) is 20.4. The van der Waals surface area contributed by atoms with Crippen LogP contribution in [-0.2, 0) is 0 Å². The summed E-state index contributed by atoms with van der Waals surface area (Å²) < 4.78 is 0. The SMILES string of the molecule is C[C@]12CC[C@H]3[C@@H](CC=C4C[C@H](O)CC[C@@]43C)[C@@H]1C/C(=C\c1ccc(Cl)cc1)[C@H]2O. The van der Waals surface area contributed by atoms with Gasteiger partial charge in [-0.3, -0.25) is 0 Å². The van der Waals surface area contributed by atoms with Crippen LogP contribution in [0, 0.1) is 28.6 Å². The van der Waals surface area contributed by atoms with Gasteiger partial charge in [0.2, 0.25) is 0 Å². The molecule has 0 radical (unpaired) electrons. The molecule has 7 atom stereocenters. The molecular formula is C26H33ClO2. The fourth-order valence-corrected chi connectivity index (χ4v) is 7.54. The number of aliphatic hydroxyl groups is 2. The summed E-state index contributed by atoms with van der Waals surface area (Å²) >= 11 is 6.04. The second kappa shape index (κ2) is 6.97. The monoisotopic (exact) mass is 412 g/mol. The third kappa shape index (κ3) is 3.06. The molecule has 5 rings (SSSR count). The lowest BCUT2D eigenvalue weighted by Crippen LogP contribution is -2.51. The average Bonchev–Trinajstić information content (AvgIpc) is 2.95. The molecule has 4 aliphatic carbocycles. The minimum Gasteiger partial charge on any atom is -0.393 e. The summed E-state index contributed by atoms with van der Waals surface area (Å²) in [5.74, 6) is 1.87. The number of hydrogen-bond donors (Lipinski definition) is 2. The van der Waals surface area contributed by atoms with Gasteiger partial charge in [0, 0.05) is 10.4 Å². The molecule has 1 aromatic rings. The van der Waals surface area contributed by atoms with Crippen molar-refractivity contribution in [2.45, 2.75) is 71.0 Å². The fraction of sp³-hybridized carbons (Fsp3) is 0.615. The van der Waals surface area contributed by atoms with Gasteiger partial charge in [-0.05, 0) is 91.4 Å². The normalized spacial score (nSPS) is 45.3. The van der Waals surface area contributed by atoms with Crippen LogP contribution in [0.1, 0.15) is 64.4 Å². The van der Waals surface area contributed by atoms with Crippen molar-refractivity contribution in [2.75, 3.05) is 0 Å². The van der Waals surface area contributed by atoms with Crippen LogP contribution >= 0.6 is 11.6 Å². The molecule has 2 nitrogen and oxygen atoms in total. The molecular weight excluding hydrogens is 380 g/mol. The van der Waals surface area contributed by atoms with E-state index in [4.69, 9.17) is 11.6 Å². The Hall–Kier alpha value is -1.09. The first kappa shape index (κ1) is 19.8. The van der Waals surface area contributed by atoms with Gasteiger partial charge in [-0.25, -0.2) is 0 Å². The predicted octanol–water partition coefficient (Wildman–Crippen LogP) is 6.02. The Morgan fingerprint density at radius 3 is 2.52 bits per heavy atom. The van der Waals surface area contributed by atoms with Gasteiger partial charge in [0.25, 0.3) is 0 Å². The summed E-state index contributed by atoms with van der Waals surface area (Å²) in [7, 11) is 0. The Balaban J connectivity index is 1.46. The summed E-state index contributed by atoms with van der Waals surface area (Å²) in [4.78, 5) is 0. The van der Waals surface area contributed by atoms with Crippen LogP contribution in [0.5, 0.6) is 0 Å². The lowest BCUT2D eigenvalue weighted by molar-refractivity contribution is -0.0685. The summed E-state index contributed by atoms with van der Waals surface area (Å²) in [5.41, 5.74) is 4.06. The van der Waals surface area contributed by atoms with Gasteiger partial charge >= 0.3 is 0 Å². The molecule has 0 aromatic heterocycles. The molecule has 2 N–H and O–H groups in total. The summed E-state index contributed by atoms with van der Waals surface area (Å²) in [6.07, 6.45) is 11.5. The topological polar surface area (TPSA) is 40.5 Å². The van der Waals surface area contributed by atoms with Crippen LogP contribution < -0.4 is 0 Å². The molecule has 3 fully saturated rings. The van der Waals surface area contributed by atoms with E-state index >= 15 is 0 Å². The molecule has 0 heterocycles. The molecule has 0 amide bonds. The average molecular weight is 413 g/mol. The van der Waals surface area contributed by atoms with Crippen molar-refractivity contribution in [2.24, 2.45) is 28.6 Å². The van der Waals surface area contributed by atoms with Crippen molar-refractivity contribution in [3.63, 3.8) is 0 Å². The molecule has 4 aliphatic rings. The molecule has 0 unspecified atom stereocenters. The lowest BCUT2D eigenvalue weighted by Gasteiger charge is -2.57. The Bertz CT molecular complexity index is 856. The van der Waals surface area contributed by atoms with Crippen molar-refractivity contribution in [3.05, 3.63) is 52.1 Å². The van der Waals surface area contributed by atoms with E-state index in [0.717, 1.165) is 49.1 Å². The molecule has 156 valence electrons. The first-order valence-electron chi connectivity index (χ1n) is 11.3. The van der Waals surface area contributed by atoms with Crippen LogP contribution in [-0.4, -0.2) is 22.4 Å². The summed E-state index contributed by atoms with van der Waals surface area (Å²) in [5, 5.41) is 22.3. The van der Waals surface area contributed by atoms with Crippen LogP contribution in [0.3, 0.4) is 0 Å². The van der Waals surface area contributed by atoms with Crippen LogP contribution in [0.4, 0.5) is 0 Å². The maximum Gasteiger partial charge on any atom is 0.0809 e. The van der Waals surface area contributed by atoms with Crippen LogP contribution in [0.25, 0.3) is 6.08 Å². The number of benzene rings is 1. The molecule has 3 saturated carbocycles. The maximum atomic E-state index is 11.3. The number of aliphatic hydroxyl groups excluding tert-OH is 2. The highest BCUT2D eigenvalue weighted by molar-refractivity contribution is 6.30. The first-order chi connectivity index (χ1) is 13.8. The molecule has 29 heavy (non-hydrogen) atoms. The molecule has 0 spiro atoms. The third-order valence-electron chi connectivity index (χ3n) is 9.17. The minimum absolute atomic E-state index is 0.0185. The van der Waals surface area contributed by atoms with Gasteiger partial charge < -0.3 is 10.2 Å². The van der Waals surface area contributed by atoms with Gasteiger partial charge in [0.15, 0.2) is 0 Å². The van der Waals surface area contributed by atoms with E-state index in [9.17, 15) is 10.2 Å². The van der Waals surface area contributed by atoms with Crippen LogP contribution in [0.15, 0.2) is 41.5 Å². The van der Waals surface area contributed by atoms with Crippen molar-refractivity contribution in [1.29, 1.82) is 0 Å². The van der Waals surface area contributed by atoms with Crippen molar-refractivity contribution < 1.29 is 10.2 Å². The van der Waals surface area contributed by atoms with E-state index in [1.54, 1.807) is 0 Å². The minimum atomic E-state index is -0.351. The second-order valence-electron chi connectivity index (χ2n) is 10.6. The highest BCUT2D eigenvalue weighted by Gasteiger charge is 2.59. The van der Waals surface area contributed by atoms with E-state index in [1.165, 1.54) is 17.6 Å². The van der Waals surface area contributed by atoms with Crippen molar-refractivity contribution in [1.82, 2.24) is 0 Å². The first-order valence-corrected chi connectivity index (χ1v) is 11.7. The van der Waals surface area contributed by atoms with Gasteiger partial charge in [0.1, 0.15) is 0 Å². The number of rotatable bonds is 1. The molecule has 1 aromatic carbocycles. The van der Waals surface area contributed by atoms with Crippen molar-refractivity contribution >= 4 is 17.7 Å². The smallest absolute Gasteiger partial charge is 0.0809 e. The van der Waals surface area contributed by atoms with Crippen molar-refractivity contribution in [3.8, 4) is 0 Å². The molecule has 0 saturated heterocycles. The molecule has 0 bridgehead atoms. The zero-order valence-corrected chi connectivity index (χ0v) is 18.3. The maximum absolute atomic E-state index is 11.3. The van der Waals surface area contributed by atoms with Gasteiger partial charge in [-0.15, -0.1) is 0 Å². The number of allylic oxidation sites excluding steroid dienone is 1.